The predicted molar refractivity (Wildman–Crippen MR) is 70.1 cm³/mol. The minimum Gasteiger partial charge on any atom is -0.508 e. The minimum atomic E-state index is -3.80. The molecule has 0 aliphatic carbocycles. The zero-order valence-corrected chi connectivity index (χ0v) is 10.9. The van der Waals surface area contributed by atoms with Crippen molar-refractivity contribution in [2.45, 2.75) is 11.8 Å². The van der Waals surface area contributed by atoms with Crippen LogP contribution in [0.3, 0.4) is 0 Å². The molecule has 6 heteroatoms. The monoisotopic (exact) mass is 281 g/mol. The Labute approximate surface area is 110 Å². The molecular formula is C13H12FNO3S. The van der Waals surface area contributed by atoms with E-state index in [0.29, 0.717) is 11.3 Å². The summed E-state index contributed by atoms with van der Waals surface area (Å²) in [6.07, 6.45) is 0. The van der Waals surface area contributed by atoms with Gasteiger partial charge in [0.25, 0.3) is 10.0 Å². The van der Waals surface area contributed by atoms with E-state index < -0.39 is 15.8 Å². The maximum Gasteiger partial charge on any atom is 0.262 e. The summed E-state index contributed by atoms with van der Waals surface area (Å²) in [6, 6.07) is 9.07. The van der Waals surface area contributed by atoms with Crippen LogP contribution in [0.2, 0.25) is 0 Å². The van der Waals surface area contributed by atoms with E-state index in [-0.39, 0.29) is 10.6 Å². The van der Waals surface area contributed by atoms with Gasteiger partial charge in [-0.1, -0.05) is 6.07 Å². The second kappa shape index (κ2) is 4.89. The van der Waals surface area contributed by atoms with Crippen molar-refractivity contribution < 1.29 is 17.9 Å². The van der Waals surface area contributed by atoms with Gasteiger partial charge in [0.15, 0.2) is 0 Å². The maximum absolute atomic E-state index is 12.9. The van der Waals surface area contributed by atoms with Crippen molar-refractivity contribution in [2.24, 2.45) is 0 Å². The Hall–Kier alpha value is -2.08. The molecule has 0 fully saturated rings. The third kappa shape index (κ3) is 3.03. The van der Waals surface area contributed by atoms with E-state index in [9.17, 15) is 17.9 Å². The highest BCUT2D eigenvalue weighted by atomic mass is 32.2. The standard InChI is InChI=1S/C13H12FNO3S/c1-9-7-10(14)5-6-13(9)15-19(17,18)12-4-2-3-11(16)8-12/h2-8,15-16H,1H3. The number of hydrogen-bond acceptors (Lipinski definition) is 3. The van der Waals surface area contributed by atoms with Crippen LogP contribution >= 0.6 is 0 Å². The van der Waals surface area contributed by atoms with Gasteiger partial charge >= 0.3 is 0 Å². The molecule has 0 saturated carbocycles. The Morgan fingerprint density at radius 3 is 2.53 bits per heavy atom. The fraction of sp³-hybridized carbons (Fsp3) is 0.0769. The van der Waals surface area contributed by atoms with Gasteiger partial charge in [0.05, 0.1) is 10.6 Å². The SMILES string of the molecule is Cc1cc(F)ccc1NS(=O)(=O)c1cccc(O)c1. The first-order valence-electron chi connectivity index (χ1n) is 5.46. The van der Waals surface area contributed by atoms with Crippen LogP contribution in [0.1, 0.15) is 5.56 Å². The van der Waals surface area contributed by atoms with Crippen LogP contribution in [0.5, 0.6) is 5.75 Å². The summed E-state index contributed by atoms with van der Waals surface area (Å²) >= 11 is 0. The number of aromatic hydroxyl groups is 1. The highest BCUT2D eigenvalue weighted by Gasteiger charge is 2.15. The lowest BCUT2D eigenvalue weighted by Gasteiger charge is -2.10. The largest absolute Gasteiger partial charge is 0.508 e. The first-order chi connectivity index (χ1) is 8.88. The smallest absolute Gasteiger partial charge is 0.262 e. The number of phenols is 1. The molecule has 19 heavy (non-hydrogen) atoms. The van der Waals surface area contributed by atoms with Gasteiger partial charge in [0.1, 0.15) is 11.6 Å². The Morgan fingerprint density at radius 2 is 1.89 bits per heavy atom. The summed E-state index contributed by atoms with van der Waals surface area (Å²) in [5.41, 5.74) is 0.772. The van der Waals surface area contributed by atoms with Gasteiger partial charge < -0.3 is 5.11 Å². The lowest BCUT2D eigenvalue weighted by molar-refractivity contribution is 0.473. The molecule has 2 aromatic carbocycles. The normalized spacial score (nSPS) is 11.3. The van der Waals surface area contributed by atoms with E-state index in [1.54, 1.807) is 6.92 Å². The zero-order valence-electron chi connectivity index (χ0n) is 10.1. The number of rotatable bonds is 3. The molecule has 0 aliphatic rings. The van der Waals surface area contributed by atoms with E-state index in [1.165, 1.54) is 36.4 Å². The number of sulfonamides is 1. The topological polar surface area (TPSA) is 66.4 Å². The maximum atomic E-state index is 12.9. The second-order valence-corrected chi connectivity index (χ2v) is 5.74. The molecule has 0 bridgehead atoms. The lowest BCUT2D eigenvalue weighted by atomic mass is 10.2. The van der Waals surface area contributed by atoms with Crippen molar-refractivity contribution in [1.29, 1.82) is 0 Å². The van der Waals surface area contributed by atoms with Crippen LogP contribution in [0.25, 0.3) is 0 Å². The number of anilines is 1. The van der Waals surface area contributed by atoms with Crippen LogP contribution in [0.4, 0.5) is 10.1 Å². The summed E-state index contributed by atoms with van der Waals surface area (Å²) in [7, 11) is -3.80. The average Bonchev–Trinajstić information content (AvgIpc) is 2.33. The summed E-state index contributed by atoms with van der Waals surface area (Å²) < 4.78 is 39.4. The molecule has 4 nitrogen and oxygen atoms in total. The van der Waals surface area contributed by atoms with Crippen molar-refractivity contribution >= 4 is 15.7 Å². The van der Waals surface area contributed by atoms with E-state index in [2.05, 4.69) is 4.72 Å². The van der Waals surface area contributed by atoms with E-state index in [1.807, 2.05) is 0 Å². The number of halogens is 1. The molecule has 0 saturated heterocycles. The van der Waals surface area contributed by atoms with Gasteiger partial charge in [-0.2, -0.15) is 0 Å². The third-order valence-electron chi connectivity index (χ3n) is 2.56. The molecule has 0 radical (unpaired) electrons. The summed E-state index contributed by atoms with van der Waals surface area (Å²) in [5.74, 6) is -0.573. The van der Waals surface area contributed by atoms with Gasteiger partial charge in [0, 0.05) is 6.07 Å². The highest BCUT2D eigenvalue weighted by Crippen LogP contribution is 2.22. The molecule has 0 unspecified atom stereocenters. The molecule has 2 N–H and O–H groups in total. The molecular weight excluding hydrogens is 269 g/mol. The molecule has 0 amide bonds. The fourth-order valence-corrected chi connectivity index (χ4v) is 2.77. The lowest BCUT2D eigenvalue weighted by Crippen LogP contribution is -2.13. The van der Waals surface area contributed by atoms with Crippen molar-refractivity contribution in [3.05, 3.63) is 53.8 Å². The molecule has 0 aliphatic heterocycles. The van der Waals surface area contributed by atoms with Gasteiger partial charge in [-0.15, -0.1) is 0 Å². The van der Waals surface area contributed by atoms with Crippen LogP contribution in [-0.2, 0) is 10.0 Å². The second-order valence-electron chi connectivity index (χ2n) is 4.06. The van der Waals surface area contributed by atoms with Crippen molar-refractivity contribution in [2.75, 3.05) is 4.72 Å². The zero-order chi connectivity index (χ0) is 14.0. The highest BCUT2D eigenvalue weighted by molar-refractivity contribution is 7.92. The molecule has 0 aromatic heterocycles. The van der Waals surface area contributed by atoms with Crippen molar-refractivity contribution in [3.8, 4) is 5.75 Å². The molecule has 0 spiro atoms. The summed E-state index contributed by atoms with van der Waals surface area (Å²) in [5, 5.41) is 9.29. The number of nitrogens with one attached hydrogen (secondary N) is 1. The van der Waals surface area contributed by atoms with Gasteiger partial charge in [-0.05, 0) is 42.8 Å². The van der Waals surface area contributed by atoms with Gasteiger partial charge in [0.2, 0.25) is 0 Å². The molecule has 2 aromatic rings. The first-order valence-corrected chi connectivity index (χ1v) is 6.95. The van der Waals surface area contributed by atoms with Gasteiger partial charge in [-0.3, -0.25) is 4.72 Å². The molecule has 100 valence electrons. The minimum absolute atomic E-state index is 0.0591. The number of phenolic OH excluding ortho intramolecular Hbond substituents is 1. The Balaban J connectivity index is 2.36. The van der Waals surface area contributed by atoms with Crippen LogP contribution in [0.15, 0.2) is 47.4 Å². The van der Waals surface area contributed by atoms with Gasteiger partial charge in [-0.25, -0.2) is 12.8 Å². The molecule has 0 heterocycles. The van der Waals surface area contributed by atoms with Crippen LogP contribution in [-0.4, -0.2) is 13.5 Å². The van der Waals surface area contributed by atoms with Crippen LogP contribution < -0.4 is 4.72 Å². The molecule has 0 atom stereocenters. The van der Waals surface area contributed by atoms with Crippen molar-refractivity contribution in [1.82, 2.24) is 0 Å². The first kappa shape index (κ1) is 13.4. The van der Waals surface area contributed by atoms with Crippen LogP contribution in [0, 0.1) is 12.7 Å². The fourth-order valence-electron chi connectivity index (χ4n) is 1.60. The predicted octanol–water partition coefficient (Wildman–Crippen LogP) is 2.64. The number of benzene rings is 2. The Kier molecular flexibility index (Phi) is 3.44. The van der Waals surface area contributed by atoms with Crippen molar-refractivity contribution in [3.63, 3.8) is 0 Å². The Morgan fingerprint density at radius 1 is 1.16 bits per heavy atom. The van der Waals surface area contributed by atoms with E-state index >= 15 is 0 Å². The summed E-state index contributed by atoms with van der Waals surface area (Å²) in [6.45, 7) is 1.60. The quantitative estimate of drug-likeness (QED) is 0.909. The average molecular weight is 281 g/mol. The number of aryl methyl sites for hydroxylation is 1. The Bertz CT molecular complexity index is 714. The third-order valence-corrected chi connectivity index (χ3v) is 3.92. The summed E-state index contributed by atoms with van der Waals surface area (Å²) in [4.78, 5) is -0.0591. The molecule has 2 rings (SSSR count). The van der Waals surface area contributed by atoms with E-state index in [4.69, 9.17) is 0 Å². The van der Waals surface area contributed by atoms with E-state index in [0.717, 1.165) is 6.07 Å². The number of hydrogen-bond donors (Lipinski definition) is 2.